The SMILES string of the molecule is CCN(CC)C(=O)Cc1csc(SCC(=O)Nc2ccc(OC)cc2)n1. The van der Waals surface area contributed by atoms with Gasteiger partial charge >= 0.3 is 0 Å². The van der Waals surface area contributed by atoms with Crippen molar-refractivity contribution in [3.63, 3.8) is 0 Å². The number of thiazole rings is 1. The Balaban J connectivity index is 1.81. The molecular weight excluding hydrogens is 370 g/mol. The fourth-order valence-electron chi connectivity index (χ4n) is 2.28. The van der Waals surface area contributed by atoms with Crippen molar-refractivity contribution in [2.24, 2.45) is 0 Å². The van der Waals surface area contributed by atoms with E-state index < -0.39 is 0 Å². The zero-order valence-corrected chi connectivity index (χ0v) is 16.8. The molecule has 0 aliphatic rings. The van der Waals surface area contributed by atoms with E-state index in [1.54, 1.807) is 36.3 Å². The monoisotopic (exact) mass is 393 g/mol. The average Bonchev–Trinajstić information content (AvgIpc) is 3.09. The first-order valence-corrected chi connectivity index (χ1v) is 10.2. The minimum absolute atomic E-state index is 0.0779. The maximum Gasteiger partial charge on any atom is 0.234 e. The molecule has 6 nitrogen and oxygen atoms in total. The Morgan fingerprint density at radius 3 is 2.54 bits per heavy atom. The van der Waals surface area contributed by atoms with Crippen LogP contribution < -0.4 is 10.1 Å². The molecule has 1 heterocycles. The first kappa shape index (κ1) is 20.3. The second kappa shape index (κ2) is 10.2. The first-order chi connectivity index (χ1) is 12.5. The number of amides is 2. The van der Waals surface area contributed by atoms with E-state index in [-0.39, 0.29) is 17.6 Å². The van der Waals surface area contributed by atoms with E-state index in [1.165, 1.54) is 23.1 Å². The van der Waals surface area contributed by atoms with Crippen LogP contribution in [0.3, 0.4) is 0 Å². The van der Waals surface area contributed by atoms with E-state index >= 15 is 0 Å². The molecule has 2 amide bonds. The smallest absolute Gasteiger partial charge is 0.234 e. The Morgan fingerprint density at radius 1 is 1.23 bits per heavy atom. The van der Waals surface area contributed by atoms with Crippen LogP contribution in [0, 0.1) is 0 Å². The fourth-order valence-corrected chi connectivity index (χ4v) is 3.92. The minimum atomic E-state index is -0.101. The molecule has 0 bridgehead atoms. The molecule has 0 fully saturated rings. The van der Waals surface area contributed by atoms with Gasteiger partial charge in [-0.2, -0.15) is 0 Å². The van der Waals surface area contributed by atoms with Gasteiger partial charge in [0.1, 0.15) is 5.75 Å². The number of aromatic nitrogens is 1. The normalized spacial score (nSPS) is 10.4. The molecule has 0 aliphatic heterocycles. The molecule has 0 saturated heterocycles. The Hall–Kier alpha value is -2.06. The number of thioether (sulfide) groups is 1. The number of carbonyl (C=O) groups excluding carboxylic acids is 2. The molecule has 0 radical (unpaired) electrons. The maximum atomic E-state index is 12.1. The van der Waals surface area contributed by atoms with Crippen LogP contribution in [0.4, 0.5) is 5.69 Å². The number of rotatable bonds is 9. The second-order valence-electron chi connectivity index (χ2n) is 5.41. The van der Waals surface area contributed by atoms with Gasteiger partial charge in [0.25, 0.3) is 0 Å². The highest BCUT2D eigenvalue weighted by atomic mass is 32.2. The molecule has 0 atom stereocenters. The lowest BCUT2D eigenvalue weighted by atomic mass is 10.3. The molecule has 2 rings (SSSR count). The van der Waals surface area contributed by atoms with E-state index in [9.17, 15) is 9.59 Å². The van der Waals surface area contributed by atoms with Crippen molar-refractivity contribution in [2.45, 2.75) is 24.6 Å². The van der Waals surface area contributed by atoms with E-state index in [0.29, 0.717) is 19.5 Å². The molecule has 2 aromatic rings. The number of nitrogens with zero attached hydrogens (tertiary/aromatic N) is 2. The molecule has 0 unspecified atom stereocenters. The molecular formula is C18H23N3O3S2. The summed E-state index contributed by atoms with van der Waals surface area (Å²) in [6.07, 6.45) is 0.302. The summed E-state index contributed by atoms with van der Waals surface area (Å²) in [5.74, 6) is 0.986. The van der Waals surface area contributed by atoms with Crippen LogP contribution in [-0.2, 0) is 16.0 Å². The molecule has 140 valence electrons. The van der Waals surface area contributed by atoms with Crippen molar-refractivity contribution >= 4 is 40.6 Å². The summed E-state index contributed by atoms with van der Waals surface area (Å²) in [6, 6.07) is 7.18. The molecule has 0 aliphatic carbocycles. The molecule has 26 heavy (non-hydrogen) atoms. The zero-order chi connectivity index (χ0) is 18.9. The molecule has 0 spiro atoms. The summed E-state index contributed by atoms with van der Waals surface area (Å²) in [4.78, 5) is 30.4. The minimum Gasteiger partial charge on any atom is -0.497 e. The summed E-state index contributed by atoms with van der Waals surface area (Å²) in [5, 5.41) is 4.71. The molecule has 1 aromatic heterocycles. The van der Waals surface area contributed by atoms with Gasteiger partial charge in [-0.3, -0.25) is 9.59 Å². The van der Waals surface area contributed by atoms with Crippen LogP contribution in [0.15, 0.2) is 34.0 Å². The number of ether oxygens (including phenoxy) is 1. The number of benzene rings is 1. The number of anilines is 1. The van der Waals surface area contributed by atoms with Crippen LogP contribution in [0.25, 0.3) is 0 Å². The highest BCUT2D eigenvalue weighted by molar-refractivity contribution is 8.01. The van der Waals surface area contributed by atoms with E-state index in [2.05, 4.69) is 10.3 Å². The van der Waals surface area contributed by atoms with Gasteiger partial charge in [-0.1, -0.05) is 11.8 Å². The number of methoxy groups -OCH3 is 1. The van der Waals surface area contributed by atoms with Crippen LogP contribution in [0.2, 0.25) is 0 Å². The Kier molecular flexibility index (Phi) is 7.93. The maximum absolute atomic E-state index is 12.1. The number of carbonyl (C=O) groups is 2. The first-order valence-electron chi connectivity index (χ1n) is 8.34. The van der Waals surface area contributed by atoms with Crippen LogP contribution in [0.5, 0.6) is 5.75 Å². The summed E-state index contributed by atoms with van der Waals surface area (Å²) < 4.78 is 5.88. The van der Waals surface area contributed by atoms with E-state index in [1.807, 2.05) is 19.2 Å². The van der Waals surface area contributed by atoms with Crippen LogP contribution in [-0.4, -0.2) is 47.7 Å². The average molecular weight is 394 g/mol. The van der Waals surface area contributed by atoms with Gasteiger partial charge in [0.15, 0.2) is 4.34 Å². The third kappa shape index (κ3) is 6.03. The lowest BCUT2D eigenvalue weighted by Gasteiger charge is -2.17. The van der Waals surface area contributed by atoms with Gasteiger partial charge in [-0.05, 0) is 38.1 Å². The summed E-state index contributed by atoms with van der Waals surface area (Å²) in [7, 11) is 1.60. The van der Waals surface area contributed by atoms with Gasteiger partial charge in [-0.15, -0.1) is 11.3 Å². The van der Waals surface area contributed by atoms with Crippen LogP contribution in [0.1, 0.15) is 19.5 Å². The van der Waals surface area contributed by atoms with Crippen molar-refractivity contribution < 1.29 is 14.3 Å². The largest absolute Gasteiger partial charge is 0.497 e. The van der Waals surface area contributed by atoms with Crippen molar-refractivity contribution in [2.75, 3.05) is 31.3 Å². The Morgan fingerprint density at radius 2 is 1.92 bits per heavy atom. The topological polar surface area (TPSA) is 71.5 Å². The number of hydrogen-bond donors (Lipinski definition) is 1. The van der Waals surface area contributed by atoms with Crippen molar-refractivity contribution in [1.29, 1.82) is 0 Å². The van der Waals surface area contributed by atoms with E-state index in [4.69, 9.17) is 4.74 Å². The van der Waals surface area contributed by atoms with Crippen molar-refractivity contribution in [3.05, 3.63) is 35.3 Å². The van der Waals surface area contributed by atoms with Gasteiger partial charge < -0.3 is 15.0 Å². The number of nitrogens with one attached hydrogen (secondary N) is 1. The van der Waals surface area contributed by atoms with Gasteiger partial charge in [0.2, 0.25) is 11.8 Å². The van der Waals surface area contributed by atoms with Crippen molar-refractivity contribution in [1.82, 2.24) is 9.88 Å². The lowest BCUT2D eigenvalue weighted by molar-refractivity contribution is -0.130. The highest BCUT2D eigenvalue weighted by Crippen LogP contribution is 2.23. The summed E-state index contributed by atoms with van der Waals surface area (Å²) in [6.45, 7) is 5.33. The van der Waals surface area contributed by atoms with Gasteiger partial charge in [0, 0.05) is 24.2 Å². The fraction of sp³-hybridized carbons (Fsp3) is 0.389. The Labute approximate surface area is 162 Å². The number of likely N-dealkylation sites (N-methyl/N-ethyl adjacent to an activating group) is 1. The quantitative estimate of drug-likeness (QED) is 0.662. The standard InChI is InChI=1S/C18H23N3O3S2/c1-4-21(5-2)17(23)10-14-11-25-18(20-14)26-12-16(22)19-13-6-8-15(24-3)9-7-13/h6-9,11H,4-5,10,12H2,1-3H3,(H,19,22). The Bertz CT molecular complexity index is 728. The van der Waals surface area contributed by atoms with Gasteiger partial charge in [-0.25, -0.2) is 4.98 Å². The predicted molar refractivity (Wildman–Crippen MR) is 106 cm³/mol. The highest BCUT2D eigenvalue weighted by Gasteiger charge is 2.13. The molecule has 0 saturated carbocycles. The third-order valence-electron chi connectivity index (χ3n) is 3.68. The number of hydrogen-bond acceptors (Lipinski definition) is 6. The zero-order valence-electron chi connectivity index (χ0n) is 15.2. The van der Waals surface area contributed by atoms with Crippen molar-refractivity contribution in [3.8, 4) is 5.75 Å². The second-order valence-corrected chi connectivity index (χ2v) is 7.49. The molecule has 1 N–H and O–H groups in total. The lowest BCUT2D eigenvalue weighted by Crippen LogP contribution is -2.31. The molecule has 8 heteroatoms. The predicted octanol–water partition coefficient (Wildman–Crippen LogP) is 3.29. The summed E-state index contributed by atoms with van der Waals surface area (Å²) >= 11 is 2.83. The van der Waals surface area contributed by atoms with Crippen LogP contribution >= 0.6 is 23.1 Å². The summed E-state index contributed by atoms with van der Waals surface area (Å²) in [5.41, 5.74) is 1.48. The molecule has 1 aromatic carbocycles. The third-order valence-corrected chi connectivity index (χ3v) is 5.75. The van der Waals surface area contributed by atoms with Gasteiger partial charge in [0.05, 0.1) is 25.0 Å². The van der Waals surface area contributed by atoms with E-state index in [0.717, 1.165) is 21.5 Å².